The molecule has 3 aromatic rings. The van der Waals surface area contributed by atoms with Gasteiger partial charge in [-0.25, -0.2) is 22.6 Å². The summed E-state index contributed by atoms with van der Waals surface area (Å²) in [6, 6.07) is 9.60. The van der Waals surface area contributed by atoms with Crippen LogP contribution in [0.2, 0.25) is 5.02 Å². The van der Waals surface area contributed by atoms with Gasteiger partial charge in [-0.1, -0.05) is 36.7 Å². The standard InChI is InChI=1S/C19H20ClFN4O3S/c1-3-19(2,21)25-11-14-16(24-25)9-13(10-17(14)29(22,27)28)23-18(26)8-12-6-4-5-7-15(12)20/h4-7,9-11H,3,8H2,1-2H3,(H,23,26)(H2,22,27,28). The van der Waals surface area contributed by atoms with Crippen LogP contribution in [0.5, 0.6) is 0 Å². The number of rotatable bonds is 6. The highest BCUT2D eigenvalue weighted by Crippen LogP contribution is 2.30. The lowest BCUT2D eigenvalue weighted by Crippen LogP contribution is -2.23. The van der Waals surface area contributed by atoms with Crippen molar-refractivity contribution in [3.05, 3.63) is 53.2 Å². The molecule has 0 aliphatic carbocycles. The van der Waals surface area contributed by atoms with Crippen molar-refractivity contribution in [3.8, 4) is 0 Å². The number of nitrogens with two attached hydrogens (primary N) is 1. The summed E-state index contributed by atoms with van der Waals surface area (Å²) < 4.78 is 39.8. The summed E-state index contributed by atoms with van der Waals surface area (Å²) >= 11 is 6.07. The van der Waals surface area contributed by atoms with Gasteiger partial charge < -0.3 is 5.32 Å². The molecule has 7 nitrogen and oxygen atoms in total. The molecule has 0 aliphatic rings. The second-order valence-corrected chi connectivity index (χ2v) is 8.78. The smallest absolute Gasteiger partial charge is 0.238 e. The molecule has 0 fully saturated rings. The van der Waals surface area contributed by atoms with E-state index in [1.54, 1.807) is 31.2 Å². The van der Waals surface area contributed by atoms with Crippen LogP contribution in [0.1, 0.15) is 25.8 Å². The SMILES string of the molecule is CCC(C)(F)n1cc2c(S(N)(=O)=O)cc(NC(=O)Cc3ccccc3Cl)cc2n1. The topological polar surface area (TPSA) is 107 Å². The Kier molecular flexibility index (Phi) is 5.66. The van der Waals surface area contributed by atoms with E-state index >= 15 is 0 Å². The summed E-state index contributed by atoms with van der Waals surface area (Å²) in [5.74, 6) is -2.21. The highest BCUT2D eigenvalue weighted by atomic mass is 35.5. The number of carbonyl (C=O) groups is 1. The summed E-state index contributed by atoms with van der Waals surface area (Å²) in [5.41, 5.74) is 1.00. The second kappa shape index (κ2) is 7.74. The minimum absolute atomic E-state index is 0.00472. The van der Waals surface area contributed by atoms with Crippen LogP contribution >= 0.6 is 11.6 Å². The molecule has 3 N–H and O–H groups in total. The number of nitrogens with zero attached hydrogens (tertiary/aromatic N) is 2. The minimum atomic E-state index is -4.14. The Hall–Kier alpha value is -2.49. The molecule has 1 aromatic heterocycles. The van der Waals surface area contributed by atoms with E-state index in [1.165, 1.54) is 25.3 Å². The second-order valence-electron chi connectivity index (χ2n) is 6.84. The van der Waals surface area contributed by atoms with Crippen LogP contribution in [0.3, 0.4) is 0 Å². The molecule has 1 amide bonds. The number of hydrogen-bond acceptors (Lipinski definition) is 4. The number of primary sulfonamides is 1. The van der Waals surface area contributed by atoms with Crippen LogP contribution in [0.25, 0.3) is 10.9 Å². The first kappa shape index (κ1) is 21.2. The van der Waals surface area contributed by atoms with Crippen LogP contribution < -0.4 is 10.5 Å². The molecule has 1 heterocycles. The lowest BCUT2D eigenvalue weighted by molar-refractivity contribution is -0.115. The van der Waals surface area contributed by atoms with Crippen molar-refractivity contribution in [2.24, 2.45) is 5.14 Å². The molecule has 0 spiro atoms. The zero-order chi connectivity index (χ0) is 21.4. The van der Waals surface area contributed by atoms with Gasteiger partial charge in [-0.3, -0.25) is 4.79 Å². The molecule has 0 bridgehead atoms. The summed E-state index contributed by atoms with van der Waals surface area (Å²) in [4.78, 5) is 12.2. The van der Waals surface area contributed by atoms with E-state index in [4.69, 9.17) is 16.7 Å². The average Bonchev–Trinajstić information content (AvgIpc) is 3.07. The van der Waals surface area contributed by atoms with E-state index in [-0.39, 0.29) is 34.3 Å². The van der Waals surface area contributed by atoms with Gasteiger partial charge >= 0.3 is 0 Å². The number of sulfonamides is 1. The molecule has 2 aromatic carbocycles. The van der Waals surface area contributed by atoms with Gasteiger partial charge in [0.25, 0.3) is 0 Å². The lowest BCUT2D eigenvalue weighted by atomic mass is 10.1. The number of amides is 1. The summed E-state index contributed by atoms with van der Waals surface area (Å²) in [7, 11) is -4.14. The Labute approximate surface area is 172 Å². The van der Waals surface area contributed by atoms with Crippen molar-refractivity contribution in [1.82, 2.24) is 9.78 Å². The fraction of sp³-hybridized carbons (Fsp3) is 0.263. The normalized spacial score (nSPS) is 14.0. The van der Waals surface area contributed by atoms with Gasteiger partial charge in [0.1, 0.15) is 0 Å². The van der Waals surface area contributed by atoms with Gasteiger partial charge in [0.15, 0.2) is 5.79 Å². The predicted octanol–water partition coefficient (Wildman–Crippen LogP) is 3.57. The zero-order valence-electron chi connectivity index (χ0n) is 15.8. The number of hydrogen-bond donors (Lipinski definition) is 2. The molecule has 0 aliphatic heterocycles. The number of carbonyl (C=O) groups excluding carboxylic acids is 1. The molecular weight excluding hydrogens is 419 g/mol. The molecular formula is C19H20ClFN4O3S. The van der Waals surface area contributed by atoms with Crippen molar-refractivity contribution in [1.29, 1.82) is 0 Å². The molecule has 10 heteroatoms. The molecule has 154 valence electrons. The number of alkyl halides is 1. The lowest BCUT2D eigenvalue weighted by Gasteiger charge is -2.18. The van der Waals surface area contributed by atoms with Gasteiger partial charge in [-0.15, -0.1) is 0 Å². The largest absolute Gasteiger partial charge is 0.326 e. The van der Waals surface area contributed by atoms with E-state index in [9.17, 15) is 17.6 Å². The van der Waals surface area contributed by atoms with Crippen LogP contribution in [-0.4, -0.2) is 24.1 Å². The average molecular weight is 439 g/mol. The maximum Gasteiger partial charge on any atom is 0.238 e. The first-order chi connectivity index (χ1) is 13.5. The van der Waals surface area contributed by atoms with Crippen LogP contribution in [-0.2, 0) is 27.0 Å². The Morgan fingerprint density at radius 1 is 1.34 bits per heavy atom. The number of aromatic nitrogens is 2. The molecule has 1 unspecified atom stereocenters. The van der Waals surface area contributed by atoms with Crippen molar-refractivity contribution < 1.29 is 17.6 Å². The Morgan fingerprint density at radius 3 is 2.66 bits per heavy atom. The molecule has 1 atom stereocenters. The molecule has 0 saturated carbocycles. The van der Waals surface area contributed by atoms with Crippen molar-refractivity contribution in [2.75, 3.05) is 5.32 Å². The number of anilines is 1. The van der Waals surface area contributed by atoms with Crippen molar-refractivity contribution in [2.45, 2.75) is 37.4 Å². The van der Waals surface area contributed by atoms with Crippen molar-refractivity contribution in [3.63, 3.8) is 0 Å². The van der Waals surface area contributed by atoms with E-state index < -0.39 is 21.7 Å². The third kappa shape index (κ3) is 4.58. The number of halogens is 2. The van der Waals surface area contributed by atoms with Gasteiger partial charge in [-0.05, 0) is 37.1 Å². The Bertz CT molecular complexity index is 1190. The fourth-order valence-corrected chi connectivity index (χ4v) is 3.78. The third-order valence-corrected chi connectivity index (χ3v) is 5.93. The summed E-state index contributed by atoms with van der Waals surface area (Å²) in [5, 5.41) is 12.7. The first-order valence-corrected chi connectivity index (χ1v) is 10.7. The highest BCUT2D eigenvalue weighted by molar-refractivity contribution is 7.89. The van der Waals surface area contributed by atoms with Gasteiger partial charge in [-0.2, -0.15) is 5.10 Å². The number of fused-ring (bicyclic) bond motifs is 1. The molecule has 29 heavy (non-hydrogen) atoms. The van der Waals surface area contributed by atoms with Crippen LogP contribution in [0.4, 0.5) is 10.1 Å². The van der Waals surface area contributed by atoms with Crippen LogP contribution in [0.15, 0.2) is 47.5 Å². The third-order valence-electron chi connectivity index (χ3n) is 4.61. The van der Waals surface area contributed by atoms with E-state index in [2.05, 4.69) is 10.4 Å². The number of benzene rings is 2. The monoisotopic (exact) mass is 438 g/mol. The fourth-order valence-electron chi connectivity index (χ4n) is 2.82. The van der Waals surface area contributed by atoms with E-state index in [0.29, 0.717) is 10.6 Å². The Morgan fingerprint density at radius 2 is 2.03 bits per heavy atom. The van der Waals surface area contributed by atoms with Gasteiger partial charge in [0.2, 0.25) is 15.9 Å². The highest BCUT2D eigenvalue weighted by Gasteiger charge is 2.26. The molecule has 0 saturated heterocycles. The molecule has 3 rings (SSSR count). The maximum atomic E-state index is 14.6. The molecule has 0 radical (unpaired) electrons. The zero-order valence-corrected chi connectivity index (χ0v) is 17.4. The van der Waals surface area contributed by atoms with Crippen LogP contribution in [0, 0.1) is 0 Å². The van der Waals surface area contributed by atoms with E-state index in [1.807, 2.05) is 0 Å². The maximum absolute atomic E-state index is 14.6. The van der Waals surface area contributed by atoms with Crippen molar-refractivity contribution >= 4 is 44.1 Å². The summed E-state index contributed by atoms with van der Waals surface area (Å²) in [6.07, 6.45) is 1.43. The Balaban J connectivity index is 2.00. The quantitative estimate of drug-likeness (QED) is 0.613. The number of nitrogens with one attached hydrogen (secondary N) is 1. The minimum Gasteiger partial charge on any atom is -0.326 e. The first-order valence-electron chi connectivity index (χ1n) is 8.80. The van der Waals surface area contributed by atoms with Gasteiger partial charge in [0, 0.05) is 22.3 Å². The van der Waals surface area contributed by atoms with E-state index in [0.717, 1.165) is 4.68 Å². The van der Waals surface area contributed by atoms with Gasteiger partial charge in [0.05, 0.1) is 16.8 Å². The summed E-state index contributed by atoms with van der Waals surface area (Å²) in [6.45, 7) is 2.98. The predicted molar refractivity (Wildman–Crippen MR) is 110 cm³/mol.